The highest BCUT2D eigenvalue weighted by atomic mass is 14.9. The lowest BCUT2D eigenvalue weighted by atomic mass is 9.97. The van der Waals surface area contributed by atoms with Crippen molar-refractivity contribution < 1.29 is 0 Å². The van der Waals surface area contributed by atoms with Crippen molar-refractivity contribution in [3.05, 3.63) is 54.2 Å². The van der Waals surface area contributed by atoms with Crippen molar-refractivity contribution in [2.24, 2.45) is 11.7 Å². The molecular weight excluding hydrogens is 308 g/mol. The average molecular weight is 332 g/mol. The van der Waals surface area contributed by atoms with Gasteiger partial charge in [-0.25, -0.2) is 9.97 Å². The Labute approximate surface area is 148 Å². The van der Waals surface area contributed by atoms with E-state index in [9.17, 15) is 0 Å². The molecule has 4 nitrogen and oxygen atoms in total. The molecule has 1 saturated carbocycles. The molecule has 2 aromatic heterocycles. The van der Waals surface area contributed by atoms with Gasteiger partial charge >= 0.3 is 0 Å². The largest absolute Gasteiger partial charge is 0.321 e. The van der Waals surface area contributed by atoms with Crippen LogP contribution < -0.4 is 5.73 Å². The van der Waals surface area contributed by atoms with Crippen LogP contribution in [-0.2, 0) is 6.42 Å². The molecule has 0 saturated heterocycles. The van der Waals surface area contributed by atoms with Gasteiger partial charge in [0, 0.05) is 17.8 Å². The summed E-state index contributed by atoms with van der Waals surface area (Å²) < 4.78 is 0. The fraction of sp³-hybridized carbons (Fsp3) is 0.381. The van der Waals surface area contributed by atoms with E-state index < -0.39 is 0 Å². The highest BCUT2D eigenvalue weighted by molar-refractivity contribution is 5.86. The molecule has 1 aliphatic rings. The second-order valence-corrected chi connectivity index (χ2v) is 6.92. The Kier molecular flexibility index (Phi) is 4.45. The first-order chi connectivity index (χ1) is 12.3. The molecule has 0 spiro atoms. The van der Waals surface area contributed by atoms with Crippen LogP contribution >= 0.6 is 0 Å². The number of nitrogens with zero attached hydrogens (tertiary/aromatic N) is 3. The predicted molar refractivity (Wildman–Crippen MR) is 101 cm³/mol. The molecule has 2 N–H and O–H groups in total. The molecule has 1 aromatic carbocycles. The van der Waals surface area contributed by atoms with E-state index in [1.807, 2.05) is 24.5 Å². The smallest absolute Gasteiger partial charge is 0.146 e. The minimum atomic E-state index is -0.0444. The van der Waals surface area contributed by atoms with E-state index in [-0.39, 0.29) is 6.04 Å². The number of pyridine rings is 1. The van der Waals surface area contributed by atoms with Crippen molar-refractivity contribution in [2.75, 3.05) is 0 Å². The number of benzene rings is 1. The Morgan fingerprint density at radius 3 is 2.52 bits per heavy atom. The predicted octanol–water partition coefficient (Wildman–Crippen LogP) is 4.44. The van der Waals surface area contributed by atoms with Gasteiger partial charge in [0.05, 0.1) is 17.3 Å². The number of aryl methyl sites for hydroxylation is 1. The number of hydrogen-bond acceptors (Lipinski definition) is 4. The van der Waals surface area contributed by atoms with E-state index in [1.165, 1.54) is 31.2 Å². The zero-order valence-corrected chi connectivity index (χ0v) is 14.7. The Morgan fingerprint density at radius 2 is 1.80 bits per heavy atom. The molecule has 4 heteroatoms. The lowest BCUT2D eigenvalue weighted by Gasteiger charge is -2.19. The quantitative estimate of drug-likeness (QED) is 0.767. The summed E-state index contributed by atoms with van der Waals surface area (Å²) in [6.07, 6.45) is 9.48. The minimum absolute atomic E-state index is 0.0444. The first-order valence-electron chi connectivity index (χ1n) is 9.23. The second-order valence-electron chi connectivity index (χ2n) is 6.92. The van der Waals surface area contributed by atoms with Gasteiger partial charge in [0.1, 0.15) is 5.82 Å². The van der Waals surface area contributed by atoms with Crippen LogP contribution in [0.2, 0.25) is 0 Å². The summed E-state index contributed by atoms with van der Waals surface area (Å²) in [5.41, 5.74) is 10.9. The van der Waals surface area contributed by atoms with E-state index in [0.717, 1.165) is 34.4 Å². The topological polar surface area (TPSA) is 64.7 Å². The van der Waals surface area contributed by atoms with Crippen LogP contribution in [0.25, 0.3) is 22.0 Å². The Bertz CT molecular complexity index is 870. The highest BCUT2D eigenvalue weighted by Gasteiger charge is 2.26. The number of rotatable bonds is 4. The highest BCUT2D eigenvalue weighted by Crippen LogP contribution is 2.34. The molecule has 128 valence electrons. The van der Waals surface area contributed by atoms with Crippen LogP contribution in [0.5, 0.6) is 0 Å². The zero-order chi connectivity index (χ0) is 17.2. The van der Waals surface area contributed by atoms with Crippen LogP contribution in [0, 0.1) is 5.92 Å². The molecule has 1 unspecified atom stereocenters. The molecule has 1 fully saturated rings. The SMILES string of the molecule is CCc1nc(C(N)C2CCCC2)nc2ccc(-c3ccncc3)cc12. The van der Waals surface area contributed by atoms with Gasteiger partial charge in [0.25, 0.3) is 0 Å². The third-order valence-corrected chi connectivity index (χ3v) is 5.35. The standard InChI is InChI=1S/C21H24N4/c1-2-18-17-13-16(14-9-11-23-12-10-14)7-8-19(17)25-21(24-18)20(22)15-5-3-4-6-15/h7-13,15,20H,2-6,22H2,1H3. The van der Waals surface area contributed by atoms with Gasteiger partial charge in [0.2, 0.25) is 0 Å². The number of aromatic nitrogens is 3. The summed E-state index contributed by atoms with van der Waals surface area (Å²) >= 11 is 0. The summed E-state index contributed by atoms with van der Waals surface area (Å²) in [5.74, 6) is 1.34. The van der Waals surface area contributed by atoms with Crippen LogP contribution in [0.3, 0.4) is 0 Å². The monoisotopic (exact) mass is 332 g/mol. The third kappa shape index (κ3) is 3.14. The maximum Gasteiger partial charge on any atom is 0.146 e. The van der Waals surface area contributed by atoms with E-state index in [0.29, 0.717) is 5.92 Å². The maximum absolute atomic E-state index is 6.50. The lowest BCUT2D eigenvalue weighted by Crippen LogP contribution is -2.22. The summed E-state index contributed by atoms with van der Waals surface area (Å²) in [5, 5.41) is 1.12. The van der Waals surface area contributed by atoms with E-state index >= 15 is 0 Å². The maximum atomic E-state index is 6.50. The molecule has 3 aromatic rings. The fourth-order valence-corrected chi connectivity index (χ4v) is 3.88. The Morgan fingerprint density at radius 1 is 1.04 bits per heavy atom. The molecule has 0 amide bonds. The molecule has 0 bridgehead atoms. The van der Waals surface area contributed by atoms with Gasteiger partial charge < -0.3 is 5.73 Å². The third-order valence-electron chi connectivity index (χ3n) is 5.35. The number of nitrogens with two attached hydrogens (primary N) is 1. The number of fused-ring (bicyclic) bond motifs is 1. The first-order valence-corrected chi connectivity index (χ1v) is 9.23. The molecule has 25 heavy (non-hydrogen) atoms. The molecule has 2 heterocycles. The van der Waals surface area contributed by atoms with Gasteiger partial charge in [0.15, 0.2) is 0 Å². The van der Waals surface area contributed by atoms with Crippen molar-refractivity contribution in [2.45, 2.75) is 45.1 Å². The second kappa shape index (κ2) is 6.89. The Hall–Kier alpha value is -2.33. The zero-order valence-electron chi connectivity index (χ0n) is 14.7. The van der Waals surface area contributed by atoms with Gasteiger partial charge in [-0.15, -0.1) is 0 Å². The summed E-state index contributed by atoms with van der Waals surface area (Å²) in [6.45, 7) is 2.14. The normalized spacial score (nSPS) is 16.4. The van der Waals surface area contributed by atoms with Crippen molar-refractivity contribution in [1.82, 2.24) is 15.0 Å². The minimum Gasteiger partial charge on any atom is -0.321 e. The van der Waals surface area contributed by atoms with Crippen molar-refractivity contribution in [1.29, 1.82) is 0 Å². The molecule has 4 rings (SSSR count). The van der Waals surface area contributed by atoms with Crippen molar-refractivity contribution in [3.63, 3.8) is 0 Å². The summed E-state index contributed by atoms with van der Waals surface area (Å²) in [4.78, 5) is 13.8. The molecular formula is C21H24N4. The van der Waals surface area contributed by atoms with Crippen LogP contribution in [0.15, 0.2) is 42.7 Å². The van der Waals surface area contributed by atoms with Crippen LogP contribution in [0.1, 0.15) is 50.2 Å². The lowest BCUT2D eigenvalue weighted by molar-refractivity contribution is 0.428. The van der Waals surface area contributed by atoms with Gasteiger partial charge in [-0.1, -0.05) is 25.8 Å². The van der Waals surface area contributed by atoms with Crippen molar-refractivity contribution >= 4 is 10.9 Å². The van der Waals surface area contributed by atoms with Crippen LogP contribution in [0.4, 0.5) is 0 Å². The van der Waals surface area contributed by atoms with E-state index in [2.05, 4.69) is 30.1 Å². The molecule has 0 radical (unpaired) electrons. The molecule has 1 atom stereocenters. The summed E-state index contributed by atoms with van der Waals surface area (Å²) in [7, 11) is 0. The Balaban J connectivity index is 1.77. The van der Waals surface area contributed by atoms with Gasteiger partial charge in [-0.05, 0) is 60.6 Å². The van der Waals surface area contributed by atoms with E-state index in [1.54, 1.807) is 0 Å². The first kappa shape index (κ1) is 16.2. The number of hydrogen-bond donors (Lipinski definition) is 1. The van der Waals surface area contributed by atoms with Gasteiger partial charge in [-0.2, -0.15) is 0 Å². The van der Waals surface area contributed by atoms with E-state index in [4.69, 9.17) is 15.7 Å². The molecule has 0 aliphatic heterocycles. The average Bonchev–Trinajstić information content (AvgIpc) is 3.21. The summed E-state index contributed by atoms with van der Waals surface area (Å²) in [6, 6.07) is 10.4. The van der Waals surface area contributed by atoms with Crippen LogP contribution in [-0.4, -0.2) is 15.0 Å². The fourth-order valence-electron chi connectivity index (χ4n) is 3.88. The van der Waals surface area contributed by atoms with Gasteiger partial charge in [-0.3, -0.25) is 4.98 Å². The van der Waals surface area contributed by atoms with Crippen molar-refractivity contribution in [3.8, 4) is 11.1 Å². The molecule has 1 aliphatic carbocycles.